The van der Waals surface area contributed by atoms with E-state index >= 15 is 0 Å². The van der Waals surface area contributed by atoms with Crippen LogP contribution in [0.4, 0.5) is 17.1 Å². The third-order valence-electron chi connectivity index (χ3n) is 10.1. The van der Waals surface area contributed by atoms with Gasteiger partial charge in [0.25, 0.3) is 0 Å². The monoisotopic (exact) mass is 591 g/mol. The number of fused-ring (bicyclic) bond motifs is 11. The molecule has 0 spiro atoms. The average molecular weight is 592 g/mol. The van der Waals surface area contributed by atoms with Crippen LogP contribution >= 0.6 is 0 Å². The van der Waals surface area contributed by atoms with Crippen molar-refractivity contribution in [2.24, 2.45) is 0 Å². The molecule has 3 heteroatoms. The van der Waals surface area contributed by atoms with Crippen molar-refractivity contribution in [2.75, 3.05) is 4.90 Å². The Morgan fingerprint density at radius 2 is 1.02 bits per heavy atom. The maximum atomic E-state index is 6.95. The Morgan fingerprint density at radius 1 is 0.435 bits per heavy atom. The Morgan fingerprint density at radius 3 is 1.87 bits per heavy atom. The molecular formula is C43H29NO2. The molecule has 1 aliphatic carbocycles. The highest BCUT2D eigenvalue weighted by molar-refractivity contribution is 6.19. The van der Waals surface area contributed by atoms with Gasteiger partial charge < -0.3 is 13.7 Å². The minimum Gasteiger partial charge on any atom is -0.454 e. The molecule has 0 bridgehead atoms. The number of hydrogen-bond donors (Lipinski definition) is 0. The predicted molar refractivity (Wildman–Crippen MR) is 191 cm³/mol. The summed E-state index contributed by atoms with van der Waals surface area (Å²) in [6.45, 7) is 4.66. The fourth-order valence-corrected chi connectivity index (χ4v) is 7.91. The highest BCUT2D eigenvalue weighted by Gasteiger charge is 2.38. The van der Waals surface area contributed by atoms with E-state index in [1.807, 2.05) is 12.1 Å². The molecule has 0 amide bonds. The van der Waals surface area contributed by atoms with Crippen LogP contribution in [0.3, 0.4) is 0 Å². The van der Waals surface area contributed by atoms with E-state index in [2.05, 4.69) is 146 Å². The highest BCUT2D eigenvalue weighted by atomic mass is 16.3. The molecule has 0 saturated heterocycles. The van der Waals surface area contributed by atoms with E-state index in [9.17, 15) is 0 Å². The summed E-state index contributed by atoms with van der Waals surface area (Å²) in [7, 11) is 0. The first kappa shape index (κ1) is 25.5. The van der Waals surface area contributed by atoms with Crippen molar-refractivity contribution in [1.29, 1.82) is 0 Å². The molecule has 0 unspecified atom stereocenters. The number of hydrogen-bond acceptors (Lipinski definition) is 3. The Kier molecular flexibility index (Phi) is 5.06. The molecule has 218 valence electrons. The molecule has 2 heterocycles. The van der Waals surface area contributed by atoms with E-state index in [1.54, 1.807) is 0 Å². The minimum absolute atomic E-state index is 0.136. The molecule has 0 N–H and O–H groups in total. The summed E-state index contributed by atoms with van der Waals surface area (Å²) in [6, 6.07) is 49.7. The van der Waals surface area contributed by atoms with Crippen LogP contribution in [0.2, 0.25) is 0 Å². The normalized spacial score (nSPS) is 13.6. The zero-order valence-electron chi connectivity index (χ0n) is 25.5. The van der Waals surface area contributed by atoms with E-state index < -0.39 is 0 Å². The fourth-order valence-electron chi connectivity index (χ4n) is 7.91. The van der Waals surface area contributed by atoms with Crippen molar-refractivity contribution in [3.8, 4) is 11.1 Å². The van der Waals surface area contributed by atoms with Gasteiger partial charge in [-0.05, 0) is 52.4 Å². The third-order valence-corrected chi connectivity index (χ3v) is 10.1. The smallest absolute Gasteiger partial charge is 0.159 e. The van der Waals surface area contributed by atoms with Crippen molar-refractivity contribution in [3.63, 3.8) is 0 Å². The zero-order valence-corrected chi connectivity index (χ0v) is 25.5. The number of anilines is 3. The van der Waals surface area contributed by atoms with Crippen LogP contribution in [0.1, 0.15) is 25.0 Å². The van der Waals surface area contributed by atoms with Gasteiger partial charge in [0.2, 0.25) is 0 Å². The first-order valence-corrected chi connectivity index (χ1v) is 15.9. The van der Waals surface area contributed by atoms with E-state index in [0.29, 0.717) is 0 Å². The van der Waals surface area contributed by atoms with Gasteiger partial charge in [-0.1, -0.05) is 123 Å². The first-order valence-electron chi connectivity index (χ1n) is 15.9. The quantitative estimate of drug-likeness (QED) is 0.205. The second-order valence-corrected chi connectivity index (χ2v) is 12.9. The summed E-state index contributed by atoms with van der Waals surface area (Å²) in [5.74, 6) is 0. The van der Waals surface area contributed by atoms with Crippen LogP contribution in [0.25, 0.3) is 65.8 Å². The van der Waals surface area contributed by atoms with E-state index in [-0.39, 0.29) is 5.41 Å². The summed E-state index contributed by atoms with van der Waals surface area (Å²) >= 11 is 0. The lowest BCUT2D eigenvalue weighted by Gasteiger charge is -2.28. The maximum absolute atomic E-state index is 6.95. The van der Waals surface area contributed by atoms with Crippen LogP contribution < -0.4 is 4.90 Å². The van der Waals surface area contributed by atoms with Crippen LogP contribution in [0.15, 0.2) is 148 Å². The van der Waals surface area contributed by atoms with Gasteiger partial charge in [-0.15, -0.1) is 0 Å². The zero-order chi connectivity index (χ0) is 30.6. The second kappa shape index (κ2) is 9.12. The van der Waals surface area contributed by atoms with Crippen molar-refractivity contribution >= 4 is 71.7 Å². The summed E-state index contributed by atoms with van der Waals surface area (Å²) < 4.78 is 13.6. The van der Waals surface area contributed by atoms with Gasteiger partial charge in [0, 0.05) is 37.9 Å². The number of benzene rings is 7. The van der Waals surface area contributed by atoms with E-state index in [0.717, 1.165) is 66.3 Å². The maximum Gasteiger partial charge on any atom is 0.159 e. The molecule has 1 aliphatic rings. The Bertz CT molecular complexity index is 2690. The van der Waals surface area contributed by atoms with Crippen LogP contribution in [0, 0.1) is 0 Å². The number of para-hydroxylation sites is 3. The topological polar surface area (TPSA) is 29.5 Å². The highest BCUT2D eigenvalue weighted by Crippen LogP contribution is 2.55. The molecule has 9 aromatic rings. The van der Waals surface area contributed by atoms with Crippen LogP contribution in [0.5, 0.6) is 0 Å². The van der Waals surface area contributed by atoms with Crippen molar-refractivity contribution in [3.05, 3.63) is 151 Å². The van der Waals surface area contributed by atoms with Crippen LogP contribution in [-0.4, -0.2) is 0 Å². The SMILES string of the molecule is CC1(C)c2ccccc2-c2c(N(c3cccc4c3oc3ccccc34)c3cccc4c3oc3c5ccccc5ccc43)cccc21. The van der Waals surface area contributed by atoms with Crippen molar-refractivity contribution in [1.82, 2.24) is 0 Å². The fraction of sp³-hybridized carbons (Fsp3) is 0.0698. The van der Waals surface area contributed by atoms with Gasteiger partial charge in [-0.2, -0.15) is 0 Å². The molecule has 7 aromatic carbocycles. The van der Waals surface area contributed by atoms with Gasteiger partial charge in [-0.25, -0.2) is 0 Å². The molecule has 0 fully saturated rings. The lowest BCUT2D eigenvalue weighted by Crippen LogP contribution is -2.16. The van der Waals surface area contributed by atoms with E-state index in [1.165, 1.54) is 27.6 Å². The number of nitrogens with zero attached hydrogens (tertiary/aromatic N) is 1. The molecule has 2 aromatic heterocycles. The summed E-state index contributed by atoms with van der Waals surface area (Å²) in [6.07, 6.45) is 0. The molecule has 0 atom stereocenters. The number of rotatable bonds is 3. The summed E-state index contributed by atoms with van der Waals surface area (Å²) in [5.41, 5.74) is 11.6. The predicted octanol–water partition coefficient (Wildman–Crippen LogP) is 12.4. The Balaban J connectivity index is 1.35. The average Bonchev–Trinajstić information content (AvgIpc) is 3.75. The molecule has 10 rings (SSSR count). The standard InChI is InChI=1S/C43H29NO2/c1-43(2)33-18-7-5-15-32(33)39-34(43)19-11-20-35(39)44(36-21-9-16-29-28-14-6-8-23-38(28)45-41(29)36)37-22-10-17-30-31-25-24-26-12-3-4-13-27(26)40(31)46-42(30)37/h3-25H,1-2H3. The Labute approximate surface area is 265 Å². The third kappa shape index (κ3) is 3.32. The van der Waals surface area contributed by atoms with Gasteiger partial charge in [0.1, 0.15) is 11.2 Å². The van der Waals surface area contributed by atoms with Crippen molar-refractivity contribution in [2.45, 2.75) is 19.3 Å². The Hall–Kier alpha value is -5.80. The van der Waals surface area contributed by atoms with Gasteiger partial charge in [0.15, 0.2) is 11.2 Å². The lowest BCUT2D eigenvalue weighted by molar-refractivity contribution is 0.660. The number of furan rings is 2. The van der Waals surface area contributed by atoms with Gasteiger partial charge >= 0.3 is 0 Å². The molecule has 0 saturated carbocycles. The largest absolute Gasteiger partial charge is 0.454 e. The molecule has 3 nitrogen and oxygen atoms in total. The summed E-state index contributed by atoms with van der Waals surface area (Å²) in [4.78, 5) is 2.37. The molecular weight excluding hydrogens is 562 g/mol. The van der Waals surface area contributed by atoms with Crippen LogP contribution in [-0.2, 0) is 5.41 Å². The van der Waals surface area contributed by atoms with Gasteiger partial charge in [-0.3, -0.25) is 0 Å². The molecule has 46 heavy (non-hydrogen) atoms. The second-order valence-electron chi connectivity index (χ2n) is 12.9. The minimum atomic E-state index is -0.136. The lowest BCUT2D eigenvalue weighted by atomic mass is 9.82. The first-order chi connectivity index (χ1) is 22.6. The molecule has 0 aliphatic heterocycles. The summed E-state index contributed by atoms with van der Waals surface area (Å²) in [5, 5.41) is 6.69. The van der Waals surface area contributed by atoms with Crippen molar-refractivity contribution < 1.29 is 8.83 Å². The van der Waals surface area contributed by atoms with E-state index in [4.69, 9.17) is 8.83 Å². The van der Waals surface area contributed by atoms with Gasteiger partial charge in [0.05, 0.1) is 17.1 Å². The molecule has 0 radical (unpaired) electrons.